The molecule has 0 radical (unpaired) electrons. The van der Waals surface area contributed by atoms with Gasteiger partial charge < -0.3 is 15.2 Å². The maximum Gasteiger partial charge on any atom is 0.251 e. The summed E-state index contributed by atoms with van der Waals surface area (Å²) in [6.07, 6.45) is 4.57. The van der Waals surface area contributed by atoms with Crippen LogP contribution in [0, 0.1) is 5.92 Å². The smallest absolute Gasteiger partial charge is 0.251 e. The number of amides is 1. The minimum atomic E-state index is -0.208. The van der Waals surface area contributed by atoms with Crippen molar-refractivity contribution < 1.29 is 14.6 Å². The van der Waals surface area contributed by atoms with E-state index in [1.54, 1.807) is 0 Å². The Morgan fingerprint density at radius 2 is 1.83 bits per heavy atom. The average molecular weight is 573 g/mol. The first-order valence-electron chi connectivity index (χ1n) is 14.6. The lowest BCUT2D eigenvalue weighted by molar-refractivity contribution is 0.0391. The minimum Gasteiger partial charge on any atom is -0.490 e. The van der Waals surface area contributed by atoms with Gasteiger partial charge in [-0.05, 0) is 85.7 Å². The summed E-state index contributed by atoms with van der Waals surface area (Å²) in [7, 11) is 0. The van der Waals surface area contributed by atoms with Crippen LogP contribution in [0.5, 0.6) is 5.75 Å². The Balaban J connectivity index is 1.17. The number of carbonyl (C=O) groups excluding carboxylic acids is 1. The standard InChI is InChI=1S/C33H37ClN4O3/c1-20(2)31(27-5-3-4-6-29(27)34)35-33(40)22-9-14-30-28(17-22)32(37-36-30)21-7-12-25(13-8-21)41-26-18-23-10-11-24(19-26)38(23)15-16-39/h3-9,12-14,17,20,23-24,26,31,39H,10-11,15-16,18-19H2,1-2H3,(H,35,40)(H,36,37). The Morgan fingerprint density at radius 3 is 2.51 bits per heavy atom. The number of nitrogens with zero attached hydrogens (tertiary/aromatic N) is 2. The molecule has 3 aromatic carbocycles. The molecule has 7 nitrogen and oxygen atoms in total. The first kappa shape index (κ1) is 27.8. The monoisotopic (exact) mass is 572 g/mol. The Kier molecular flexibility index (Phi) is 8.02. The quantitative estimate of drug-likeness (QED) is 0.217. The van der Waals surface area contributed by atoms with Crippen LogP contribution in [-0.2, 0) is 0 Å². The molecule has 0 spiro atoms. The van der Waals surface area contributed by atoms with Crippen molar-refractivity contribution >= 4 is 28.4 Å². The molecule has 2 saturated heterocycles. The van der Waals surface area contributed by atoms with Crippen LogP contribution in [0.2, 0.25) is 5.02 Å². The lowest BCUT2D eigenvalue weighted by atomic mass is 9.95. The number of aromatic nitrogens is 2. The third-order valence-electron chi connectivity index (χ3n) is 8.65. The van der Waals surface area contributed by atoms with Gasteiger partial charge in [0, 0.05) is 40.2 Å². The van der Waals surface area contributed by atoms with Crippen LogP contribution >= 0.6 is 11.6 Å². The zero-order valence-electron chi connectivity index (χ0n) is 23.5. The molecule has 1 amide bonds. The van der Waals surface area contributed by atoms with Gasteiger partial charge in [-0.1, -0.05) is 43.6 Å². The second kappa shape index (κ2) is 11.8. The highest BCUT2D eigenvalue weighted by molar-refractivity contribution is 6.31. The average Bonchev–Trinajstić information content (AvgIpc) is 3.49. The van der Waals surface area contributed by atoms with Crippen molar-refractivity contribution in [1.82, 2.24) is 20.4 Å². The van der Waals surface area contributed by atoms with Crippen LogP contribution < -0.4 is 10.1 Å². The Morgan fingerprint density at radius 1 is 1.10 bits per heavy atom. The highest BCUT2D eigenvalue weighted by Crippen LogP contribution is 2.37. The third kappa shape index (κ3) is 5.71. The van der Waals surface area contributed by atoms with Gasteiger partial charge in [-0.15, -0.1) is 0 Å². The largest absolute Gasteiger partial charge is 0.490 e. The molecular formula is C33H37ClN4O3. The molecule has 3 heterocycles. The van der Waals surface area contributed by atoms with Crippen LogP contribution in [0.1, 0.15) is 61.5 Å². The molecule has 0 saturated carbocycles. The van der Waals surface area contributed by atoms with Crippen molar-refractivity contribution in [1.29, 1.82) is 0 Å². The maximum atomic E-state index is 13.4. The van der Waals surface area contributed by atoms with E-state index in [1.807, 2.05) is 66.7 Å². The fourth-order valence-electron chi connectivity index (χ4n) is 6.62. The number of piperidine rings is 1. The maximum absolute atomic E-state index is 13.4. The molecule has 4 aromatic rings. The number of H-pyrrole nitrogens is 1. The number of aliphatic hydroxyl groups excluding tert-OH is 1. The summed E-state index contributed by atoms with van der Waals surface area (Å²) in [4.78, 5) is 15.8. The van der Waals surface area contributed by atoms with Gasteiger partial charge in [0.25, 0.3) is 5.91 Å². The van der Waals surface area contributed by atoms with Crippen molar-refractivity contribution in [2.24, 2.45) is 5.92 Å². The van der Waals surface area contributed by atoms with Crippen LogP contribution in [0.3, 0.4) is 0 Å². The number of benzene rings is 3. The van der Waals surface area contributed by atoms with Crippen LogP contribution in [-0.4, -0.2) is 57.5 Å². The second-order valence-electron chi connectivity index (χ2n) is 11.6. The van der Waals surface area contributed by atoms with Crippen molar-refractivity contribution in [2.45, 2.75) is 63.8 Å². The van der Waals surface area contributed by atoms with Gasteiger partial charge in [0.1, 0.15) is 11.9 Å². The molecule has 0 aliphatic carbocycles. The molecule has 2 aliphatic rings. The number of rotatable bonds is 9. The van der Waals surface area contributed by atoms with E-state index in [2.05, 4.69) is 34.3 Å². The summed E-state index contributed by atoms with van der Waals surface area (Å²) in [6.45, 7) is 5.12. The predicted molar refractivity (Wildman–Crippen MR) is 162 cm³/mol. The van der Waals surface area contributed by atoms with E-state index in [0.717, 1.165) is 52.9 Å². The molecule has 1 aromatic heterocycles. The van der Waals surface area contributed by atoms with E-state index in [-0.39, 0.29) is 30.6 Å². The van der Waals surface area contributed by atoms with Gasteiger partial charge in [-0.25, -0.2) is 0 Å². The van der Waals surface area contributed by atoms with Crippen molar-refractivity contribution in [3.05, 3.63) is 82.9 Å². The van der Waals surface area contributed by atoms with E-state index < -0.39 is 0 Å². The highest BCUT2D eigenvalue weighted by Gasteiger charge is 2.41. The molecular weight excluding hydrogens is 536 g/mol. The topological polar surface area (TPSA) is 90.5 Å². The number of hydrogen-bond donors (Lipinski definition) is 3. The molecule has 3 atom stereocenters. The summed E-state index contributed by atoms with van der Waals surface area (Å²) in [5, 5.41) is 21.8. The molecule has 3 unspecified atom stereocenters. The zero-order chi connectivity index (χ0) is 28.5. The van der Waals surface area contributed by atoms with Gasteiger partial charge in [-0.2, -0.15) is 5.10 Å². The second-order valence-corrected chi connectivity index (χ2v) is 12.0. The van der Waals surface area contributed by atoms with Crippen LogP contribution in [0.15, 0.2) is 66.7 Å². The molecule has 2 aliphatic heterocycles. The normalized spacial score (nSPS) is 21.3. The number of ether oxygens (including phenoxy) is 1. The van der Waals surface area contributed by atoms with Crippen LogP contribution in [0.25, 0.3) is 22.2 Å². The Bertz CT molecular complexity index is 1500. The number of fused-ring (bicyclic) bond motifs is 3. The zero-order valence-corrected chi connectivity index (χ0v) is 24.3. The van der Waals surface area contributed by atoms with E-state index in [0.29, 0.717) is 22.7 Å². The first-order valence-corrected chi connectivity index (χ1v) is 15.0. The number of aromatic amines is 1. The van der Waals surface area contributed by atoms with Gasteiger partial charge in [0.15, 0.2) is 0 Å². The molecule has 8 heteroatoms. The van der Waals surface area contributed by atoms with Crippen LogP contribution in [0.4, 0.5) is 0 Å². The summed E-state index contributed by atoms with van der Waals surface area (Å²) in [6, 6.07) is 22.1. The van der Waals surface area contributed by atoms with Crippen molar-refractivity contribution in [3.63, 3.8) is 0 Å². The van der Waals surface area contributed by atoms with E-state index in [1.165, 1.54) is 12.8 Å². The SMILES string of the molecule is CC(C)C(NC(=O)c1ccc2[nH]nc(-c3ccc(OC4CC5CCC(C4)N5CCO)cc3)c2c1)c1ccccc1Cl. The molecule has 214 valence electrons. The third-order valence-corrected chi connectivity index (χ3v) is 8.99. The molecule has 6 rings (SSSR count). The van der Waals surface area contributed by atoms with Gasteiger partial charge >= 0.3 is 0 Å². The number of nitrogens with one attached hydrogen (secondary N) is 2. The summed E-state index contributed by atoms with van der Waals surface area (Å²) in [5.74, 6) is 0.865. The summed E-state index contributed by atoms with van der Waals surface area (Å²) < 4.78 is 6.39. The fourth-order valence-corrected chi connectivity index (χ4v) is 6.87. The molecule has 2 fully saturated rings. The Labute approximate surface area is 245 Å². The lowest BCUT2D eigenvalue weighted by Gasteiger charge is -2.38. The number of carbonyl (C=O) groups is 1. The Hall–Kier alpha value is -3.39. The lowest BCUT2D eigenvalue weighted by Crippen LogP contribution is -2.47. The number of aliphatic hydroxyl groups is 1. The molecule has 2 bridgehead atoms. The van der Waals surface area contributed by atoms with Gasteiger partial charge in [-0.3, -0.25) is 14.8 Å². The van der Waals surface area contributed by atoms with Crippen molar-refractivity contribution in [3.8, 4) is 17.0 Å². The first-order chi connectivity index (χ1) is 19.9. The molecule has 3 N–H and O–H groups in total. The summed E-state index contributed by atoms with van der Waals surface area (Å²) >= 11 is 6.46. The minimum absolute atomic E-state index is 0.152. The van der Waals surface area contributed by atoms with Gasteiger partial charge in [0.05, 0.1) is 23.9 Å². The van der Waals surface area contributed by atoms with Gasteiger partial charge in [0.2, 0.25) is 0 Å². The number of hydrogen-bond acceptors (Lipinski definition) is 5. The number of halogens is 1. The fraction of sp³-hybridized carbons (Fsp3) is 0.394. The summed E-state index contributed by atoms with van der Waals surface area (Å²) in [5.41, 5.74) is 4.10. The molecule has 41 heavy (non-hydrogen) atoms. The van der Waals surface area contributed by atoms with E-state index >= 15 is 0 Å². The van der Waals surface area contributed by atoms with E-state index in [9.17, 15) is 9.90 Å². The van der Waals surface area contributed by atoms with E-state index in [4.69, 9.17) is 16.3 Å². The predicted octanol–water partition coefficient (Wildman–Crippen LogP) is 6.38. The van der Waals surface area contributed by atoms with Crippen molar-refractivity contribution in [2.75, 3.05) is 13.2 Å². The highest BCUT2D eigenvalue weighted by atomic mass is 35.5.